The number of nitrogens with two attached hydrogens (primary N) is 1. The molecule has 164 valence electrons. The molecular formula is C26H22N4O3. The summed E-state index contributed by atoms with van der Waals surface area (Å²) in [7, 11) is 0. The number of aromatic nitrogens is 2. The number of benzene rings is 3. The van der Waals surface area contributed by atoms with Crippen LogP contribution in [0.4, 0.5) is 0 Å². The predicted octanol–water partition coefficient (Wildman–Crippen LogP) is 3.44. The minimum atomic E-state index is -1.05. The monoisotopic (exact) mass is 438 g/mol. The van der Waals surface area contributed by atoms with Gasteiger partial charge in [0.2, 0.25) is 0 Å². The molecule has 1 fully saturated rings. The largest absolute Gasteiger partial charge is 0.386 e. The molecule has 0 radical (unpaired) electrons. The smallest absolute Gasteiger partial charge is 0.252 e. The lowest BCUT2D eigenvalue weighted by molar-refractivity contribution is -0.246. The Morgan fingerprint density at radius 3 is 2.55 bits per heavy atom. The van der Waals surface area contributed by atoms with E-state index in [4.69, 9.17) is 10.5 Å². The van der Waals surface area contributed by atoms with Gasteiger partial charge in [-0.15, -0.1) is 0 Å². The van der Waals surface area contributed by atoms with Crippen molar-refractivity contribution < 1.29 is 14.6 Å². The second-order valence-corrected chi connectivity index (χ2v) is 9.69. The zero-order chi connectivity index (χ0) is 22.2. The molecule has 4 N–H and O–H groups in total. The number of hydrogen-bond acceptors (Lipinski definition) is 4. The summed E-state index contributed by atoms with van der Waals surface area (Å²) in [5.74, 6) is -0.0391. The maximum Gasteiger partial charge on any atom is 0.252 e. The number of aliphatic hydroxyl groups is 1. The fraction of sp³-hybridized carbons (Fsp3) is 0.269. The zero-order valence-electron chi connectivity index (χ0n) is 18.0. The lowest BCUT2D eigenvalue weighted by Crippen LogP contribution is -2.58. The van der Waals surface area contributed by atoms with E-state index >= 15 is 0 Å². The summed E-state index contributed by atoms with van der Waals surface area (Å²) in [6.07, 6.45) is -0.759. The van der Waals surface area contributed by atoms with Gasteiger partial charge in [-0.05, 0) is 24.6 Å². The number of nitrogens with zero attached hydrogens (tertiary/aromatic N) is 2. The van der Waals surface area contributed by atoms with E-state index in [1.165, 1.54) is 0 Å². The van der Waals surface area contributed by atoms with E-state index < -0.39 is 17.9 Å². The van der Waals surface area contributed by atoms with Gasteiger partial charge in [0.1, 0.15) is 12.3 Å². The number of carbonyl (C=O) groups excluding carboxylic acids is 1. The van der Waals surface area contributed by atoms with Gasteiger partial charge in [0, 0.05) is 40.6 Å². The molecule has 0 saturated carbocycles. The molecular weight excluding hydrogens is 416 g/mol. The highest BCUT2D eigenvalue weighted by Crippen LogP contribution is 2.52. The van der Waals surface area contributed by atoms with Crippen molar-refractivity contribution in [1.29, 1.82) is 0 Å². The number of aliphatic hydroxyl groups excluding tert-OH is 1. The summed E-state index contributed by atoms with van der Waals surface area (Å²) in [6, 6.07) is 15.9. The average molecular weight is 438 g/mol. The normalized spacial score (nSPS) is 28.2. The molecule has 1 amide bonds. The van der Waals surface area contributed by atoms with Gasteiger partial charge < -0.3 is 30.0 Å². The van der Waals surface area contributed by atoms with E-state index in [0.717, 1.165) is 54.7 Å². The first-order valence-electron chi connectivity index (χ1n) is 11.4. The third kappa shape index (κ3) is 1.85. The Bertz CT molecular complexity index is 1710. The highest BCUT2D eigenvalue weighted by molar-refractivity contribution is 6.31. The Morgan fingerprint density at radius 1 is 1.06 bits per heavy atom. The van der Waals surface area contributed by atoms with E-state index in [-0.39, 0.29) is 12.1 Å². The summed E-state index contributed by atoms with van der Waals surface area (Å²) >= 11 is 0. The van der Waals surface area contributed by atoms with Crippen LogP contribution in [0.25, 0.3) is 43.6 Å². The molecule has 0 unspecified atom stereocenters. The van der Waals surface area contributed by atoms with Crippen molar-refractivity contribution in [2.75, 3.05) is 0 Å². The van der Waals surface area contributed by atoms with Crippen molar-refractivity contribution in [2.24, 2.45) is 5.73 Å². The fourth-order valence-electron chi connectivity index (χ4n) is 6.73. The van der Waals surface area contributed by atoms with Crippen molar-refractivity contribution in [3.05, 3.63) is 59.7 Å². The first-order valence-corrected chi connectivity index (χ1v) is 11.4. The van der Waals surface area contributed by atoms with Crippen LogP contribution in [0.1, 0.15) is 35.5 Å². The second kappa shape index (κ2) is 5.56. The Kier molecular flexibility index (Phi) is 3.05. The number of para-hydroxylation sites is 2. The lowest BCUT2D eigenvalue weighted by Gasteiger charge is -2.45. The van der Waals surface area contributed by atoms with Gasteiger partial charge in [0.15, 0.2) is 5.72 Å². The quantitative estimate of drug-likeness (QED) is 0.345. The summed E-state index contributed by atoms with van der Waals surface area (Å²) < 4.78 is 11.1. The topological polar surface area (TPSA) is 94.4 Å². The van der Waals surface area contributed by atoms with Gasteiger partial charge in [-0.1, -0.05) is 36.4 Å². The number of rotatable bonds is 0. The van der Waals surface area contributed by atoms with Crippen LogP contribution in [0.15, 0.2) is 48.5 Å². The fourth-order valence-corrected chi connectivity index (χ4v) is 6.73. The van der Waals surface area contributed by atoms with Crippen LogP contribution in [-0.4, -0.2) is 32.3 Å². The lowest BCUT2D eigenvalue weighted by atomic mass is 9.94. The third-order valence-corrected chi connectivity index (χ3v) is 8.05. The first kappa shape index (κ1) is 18.1. The van der Waals surface area contributed by atoms with Gasteiger partial charge in [-0.2, -0.15) is 0 Å². The molecule has 3 aliphatic rings. The van der Waals surface area contributed by atoms with E-state index in [9.17, 15) is 9.90 Å². The van der Waals surface area contributed by atoms with Crippen molar-refractivity contribution in [3.63, 3.8) is 0 Å². The van der Waals surface area contributed by atoms with Crippen LogP contribution in [0.2, 0.25) is 0 Å². The van der Waals surface area contributed by atoms with Gasteiger partial charge in [0.05, 0.1) is 27.6 Å². The van der Waals surface area contributed by atoms with E-state index in [1.807, 2.05) is 31.2 Å². The van der Waals surface area contributed by atoms with E-state index in [0.29, 0.717) is 13.0 Å². The summed E-state index contributed by atoms with van der Waals surface area (Å²) in [5.41, 5.74) is 11.2. The Balaban J connectivity index is 1.77. The number of nitrogens with one attached hydrogen (secondary N) is 1. The molecule has 4 atom stereocenters. The Morgan fingerprint density at radius 2 is 1.76 bits per heavy atom. The standard InChI is InChI=1S/C26H22N4O3/c1-26-24(31)15(27)10-18(33-26)29-16-8-4-2-6-12(16)20-21-14(11-28-25(21)32)19-13-7-3-5-9-17(13)30(26)23(19)22(20)29/h2-9,15,18,24,31H,10-11,27H2,1H3,(H,28,32)/t15-,18+,24-,26-/m1/s1. The molecule has 2 aromatic heterocycles. The van der Waals surface area contributed by atoms with Crippen LogP contribution in [0.5, 0.6) is 0 Å². The molecule has 7 nitrogen and oxygen atoms in total. The van der Waals surface area contributed by atoms with E-state index in [1.54, 1.807) is 0 Å². The van der Waals surface area contributed by atoms with Crippen LogP contribution in [-0.2, 0) is 17.0 Å². The second-order valence-electron chi connectivity index (χ2n) is 9.69. The SMILES string of the molecule is C[C@@]12O[C@@H](C[C@@H](N)[C@H]1O)n1c3ccccc3c3c4c(c5c6ccccc6n2c5c31)CNC4=O. The van der Waals surface area contributed by atoms with Gasteiger partial charge in [-0.25, -0.2) is 0 Å². The first-order chi connectivity index (χ1) is 16.0. The number of carbonyl (C=O) groups is 1. The number of fused-ring (bicyclic) bond motifs is 13. The number of amides is 1. The Labute approximate surface area is 188 Å². The molecule has 7 heteroatoms. The van der Waals surface area contributed by atoms with Crippen molar-refractivity contribution >= 4 is 49.5 Å². The number of ether oxygens (including phenoxy) is 1. The van der Waals surface area contributed by atoms with E-state index in [2.05, 4.69) is 38.7 Å². The van der Waals surface area contributed by atoms with Crippen LogP contribution in [0.3, 0.4) is 0 Å². The molecule has 0 aliphatic carbocycles. The minimum absolute atomic E-state index is 0.0391. The molecule has 5 heterocycles. The average Bonchev–Trinajstić information content (AvgIpc) is 3.45. The molecule has 8 rings (SSSR count). The molecule has 0 spiro atoms. The van der Waals surface area contributed by atoms with Gasteiger partial charge >= 0.3 is 0 Å². The van der Waals surface area contributed by atoms with Crippen LogP contribution >= 0.6 is 0 Å². The highest BCUT2D eigenvalue weighted by Gasteiger charge is 2.51. The van der Waals surface area contributed by atoms with Crippen LogP contribution in [0, 0.1) is 0 Å². The maximum absolute atomic E-state index is 13.2. The highest BCUT2D eigenvalue weighted by atomic mass is 16.6. The predicted molar refractivity (Wildman–Crippen MR) is 126 cm³/mol. The van der Waals surface area contributed by atoms with Gasteiger partial charge in [0.25, 0.3) is 5.91 Å². The minimum Gasteiger partial charge on any atom is -0.386 e. The summed E-state index contributed by atoms with van der Waals surface area (Å²) in [5, 5.41) is 18.5. The summed E-state index contributed by atoms with van der Waals surface area (Å²) in [6.45, 7) is 2.42. The van der Waals surface area contributed by atoms with Crippen molar-refractivity contribution in [3.8, 4) is 0 Å². The molecule has 1 saturated heterocycles. The van der Waals surface area contributed by atoms with Crippen molar-refractivity contribution in [1.82, 2.24) is 14.5 Å². The van der Waals surface area contributed by atoms with Crippen molar-refractivity contribution in [2.45, 2.75) is 44.0 Å². The third-order valence-electron chi connectivity index (χ3n) is 8.05. The molecule has 5 aromatic rings. The van der Waals surface area contributed by atoms with Gasteiger partial charge in [-0.3, -0.25) is 4.79 Å². The molecule has 3 aromatic carbocycles. The summed E-state index contributed by atoms with van der Waals surface area (Å²) in [4.78, 5) is 13.2. The molecule has 2 bridgehead atoms. The maximum atomic E-state index is 13.2. The van der Waals surface area contributed by atoms with Crippen LogP contribution < -0.4 is 11.1 Å². The molecule has 33 heavy (non-hydrogen) atoms. The number of hydrogen-bond donors (Lipinski definition) is 3. The Hall–Kier alpha value is -3.39. The molecule has 3 aliphatic heterocycles. The zero-order valence-corrected chi connectivity index (χ0v) is 18.0.